The fourth-order valence-electron chi connectivity index (χ4n) is 1.96. The van der Waals surface area contributed by atoms with Crippen LogP contribution in [0.4, 0.5) is 0 Å². The smallest absolute Gasteiger partial charge is 0.235 e. The number of hydrogen-bond donors (Lipinski definition) is 0. The molecule has 0 amide bonds. The van der Waals surface area contributed by atoms with Gasteiger partial charge in [0.2, 0.25) is 6.20 Å². The molecule has 2 aromatic rings. The Labute approximate surface area is 142 Å². The number of benzene rings is 2. The van der Waals surface area contributed by atoms with E-state index in [1.807, 2.05) is 37.3 Å². The molecule has 0 N–H and O–H groups in total. The van der Waals surface area contributed by atoms with Crippen LogP contribution in [0.2, 0.25) is 0 Å². The molecule has 6 heteroatoms. The van der Waals surface area contributed by atoms with Gasteiger partial charge in [0.25, 0.3) is 0 Å². The second-order valence-corrected chi connectivity index (χ2v) is 5.49. The van der Waals surface area contributed by atoms with E-state index in [1.54, 1.807) is 12.1 Å². The summed E-state index contributed by atoms with van der Waals surface area (Å²) >= 11 is 3.44. The lowest BCUT2D eigenvalue weighted by atomic mass is 10.2. The molecule has 0 aliphatic heterocycles. The van der Waals surface area contributed by atoms with E-state index in [1.165, 1.54) is 6.08 Å². The molecular weight excluding hydrogens is 362 g/mol. The lowest BCUT2D eigenvalue weighted by Crippen LogP contribution is -2.01. The summed E-state index contributed by atoms with van der Waals surface area (Å²) in [6, 6.07) is 13.3. The first-order valence-electron chi connectivity index (χ1n) is 7.05. The minimum atomic E-state index is -0.506. The Morgan fingerprint density at radius 1 is 1.22 bits per heavy atom. The largest absolute Gasteiger partial charge is 0.490 e. The van der Waals surface area contributed by atoms with Gasteiger partial charge in [0.05, 0.1) is 16.0 Å². The van der Waals surface area contributed by atoms with E-state index in [-0.39, 0.29) is 0 Å². The summed E-state index contributed by atoms with van der Waals surface area (Å²) in [7, 11) is 0. The Hall–Kier alpha value is -2.34. The molecule has 0 unspecified atom stereocenters. The van der Waals surface area contributed by atoms with Crippen molar-refractivity contribution in [3.8, 4) is 11.5 Å². The number of ether oxygens (including phenoxy) is 2. The number of hydrogen-bond acceptors (Lipinski definition) is 4. The van der Waals surface area contributed by atoms with Gasteiger partial charge in [-0.25, -0.2) is 0 Å². The fourth-order valence-corrected chi connectivity index (χ4v) is 2.54. The summed E-state index contributed by atoms with van der Waals surface area (Å²) in [5, 5.41) is 10.4. The topological polar surface area (TPSA) is 61.6 Å². The lowest BCUT2D eigenvalue weighted by molar-refractivity contribution is -0.400. The maximum atomic E-state index is 10.4. The summed E-state index contributed by atoms with van der Waals surface area (Å²) in [4.78, 5) is 9.94. The average molecular weight is 378 g/mol. The van der Waals surface area contributed by atoms with Crippen LogP contribution >= 0.6 is 15.9 Å². The van der Waals surface area contributed by atoms with Crippen LogP contribution in [0.1, 0.15) is 18.1 Å². The zero-order valence-corrected chi connectivity index (χ0v) is 14.2. The van der Waals surface area contributed by atoms with Crippen molar-refractivity contribution in [2.45, 2.75) is 13.5 Å². The molecule has 0 aromatic heterocycles. The lowest BCUT2D eigenvalue weighted by Gasteiger charge is -2.14. The maximum absolute atomic E-state index is 10.4. The first-order valence-corrected chi connectivity index (χ1v) is 7.84. The van der Waals surface area contributed by atoms with Gasteiger partial charge in [0.1, 0.15) is 6.61 Å². The van der Waals surface area contributed by atoms with Crippen molar-refractivity contribution >= 4 is 22.0 Å². The molecule has 2 aromatic carbocycles. The first kappa shape index (κ1) is 17.0. The molecule has 0 saturated carbocycles. The van der Waals surface area contributed by atoms with Crippen LogP contribution in [0.5, 0.6) is 11.5 Å². The molecule has 0 saturated heterocycles. The van der Waals surface area contributed by atoms with Gasteiger partial charge in [0, 0.05) is 6.08 Å². The number of nitrogens with zero attached hydrogens (tertiary/aromatic N) is 1. The SMILES string of the molecule is CCOc1cc(/C=C/[N+](=O)[O-])cc(Br)c1OCc1ccccc1. The molecule has 0 fully saturated rings. The normalized spacial score (nSPS) is 10.7. The molecule has 0 spiro atoms. The van der Waals surface area contributed by atoms with E-state index in [0.29, 0.717) is 34.7 Å². The quantitative estimate of drug-likeness (QED) is 0.519. The van der Waals surface area contributed by atoms with Crippen LogP contribution in [-0.2, 0) is 6.61 Å². The van der Waals surface area contributed by atoms with Gasteiger partial charge in [-0.2, -0.15) is 0 Å². The van der Waals surface area contributed by atoms with Gasteiger partial charge in [-0.05, 0) is 46.1 Å². The molecular formula is C17H16BrNO4. The molecule has 0 atom stereocenters. The number of rotatable bonds is 7. The molecule has 120 valence electrons. The number of halogens is 1. The third-order valence-electron chi connectivity index (χ3n) is 2.95. The van der Waals surface area contributed by atoms with Crippen LogP contribution < -0.4 is 9.47 Å². The molecule has 0 bridgehead atoms. The minimum absolute atomic E-state index is 0.406. The highest BCUT2D eigenvalue weighted by Crippen LogP contribution is 2.37. The standard InChI is InChI=1S/C17H16BrNO4/c1-2-22-16-11-14(8-9-19(20)21)10-15(18)17(16)23-12-13-6-4-3-5-7-13/h3-11H,2,12H2,1H3/b9-8+. The summed E-state index contributed by atoms with van der Waals surface area (Å²) in [6.07, 6.45) is 2.30. The van der Waals surface area contributed by atoms with E-state index in [0.717, 1.165) is 11.8 Å². The minimum Gasteiger partial charge on any atom is -0.490 e. The third kappa shape index (κ3) is 5.10. The summed E-state index contributed by atoms with van der Waals surface area (Å²) in [5.74, 6) is 1.12. The van der Waals surface area contributed by atoms with Crippen molar-refractivity contribution in [2.24, 2.45) is 0 Å². The summed E-state index contributed by atoms with van der Waals surface area (Å²) < 4.78 is 12.1. The van der Waals surface area contributed by atoms with Crippen LogP contribution in [-0.4, -0.2) is 11.5 Å². The van der Waals surface area contributed by atoms with Crippen molar-refractivity contribution in [3.05, 3.63) is 74.4 Å². The Balaban J connectivity index is 2.25. The Bertz CT molecular complexity index is 701. The predicted molar refractivity (Wildman–Crippen MR) is 92.1 cm³/mol. The Morgan fingerprint density at radius 3 is 2.61 bits per heavy atom. The van der Waals surface area contributed by atoms with Crippen LogP contribution in [0.3, 0.4) is 0 Å². The molecule has 0 heterocycles. The molecule has 5 nitrogen and oxygen atoms in total. The Morgan fingerprint density at radius 2 is 1.96 bits per heavy atom. The van der Waals surface area contributed by atoms with Crippen LogP contribution in [0.15, 0.2) is 53.1 Å². The van der Waals surface area contributed by atoms with Gasteiger partial charge in [-0.15, -0.1) is 0 Å². The predicted octanol–water partition coefficient (Wildman–Crippen LogP) is 4.67. The van der Waals surface area contributed by atoms with Crippen molar-refractivity contribution in [3.63, 3.8) is 0 Å². The van der Waals surface area contributed by atoms with Gasteiger partial charge in [-0.3, -0.25) is 10.1 Å². The van der Waals surface area contributed by atoms with E-state index < -0.39 is 4.92 Å². The van der Waals surface area contributed by atoms with Gasteiger partial charge >= 0.3 is 0 Å². The second kappa shape index (κ2) is 8.33. The third-order valence-corrected chi connectivity index (χ3v) is 3.54. The van der Waals surface area contributed by atoms with Crippen LogP contribution in [0, 0.1) is 10.1 Å². The zero-order chi connectivity index (χ0) is 16.7. The zero-order valence-electron chi connectivity index (χ0n) is 12.6. The van der Waals surface area contributed by atoms with Crippen molar-refractivity contribution in [1.29, 1.82) is 0 Å². The van der Waals surface area contributed by atoms with Crippen molar-refractivity contribution < 1.29 is 14.4 Å². The van der Waals surface area contributed by atoms with E-state index in [2.05, 4.69) is 15.9 Å². The molecule has 23 heavy (non-hydrogen) atoms. The molecule has 0 radical (unpaired) electrons. The van der Waals surface area contributed by atoms with E-state index in [4.69, 9.17) is 9.47 Å². The van der Waals surface area contributed by atoms with E-state index in [9.17, 15) is 10.1 Å². The molecule has 2 rings (SSSR count). The molecule has 0 aliphatic rings. The highest BCUT2D eigenvalue weighted by atomic mass is 79.9. The monoisotopic (exact) mass is 377 g/mol. The fraction of sp³-hybridized carbons (Fsp3) is 0.176. The Kier molecular flexibility index (Phi) is 6.17. The van der Waals surface area contributed by atoms with Gasteiger partial charge in [-0.1, -0.05) is 30.3 Å². The summed E-state index contributed by atoms with van der Waals surface area (Å²) in [6.45, 7) is 2.74. The van der Waals surface area contributed by atoms with Gasteiger partial charge < -0.3 is 9.47 Å². The highest BCUT2D eigenvalue weighted by molar-refractivity contribution is 9.10. The average Bonchev–Trinajstić information content (AvgIpc) is 2.53. The highest BCUT2D eigenvalue weighted by Gasteiger charge is 2.12. The first-order chi connectivity index (χ1) is 11.1. The van der Waals surface area contributed by atoms with Crippen molar-refractivity contribution in [1.82, 2.24) is 0 Å². The second-order valence-electron chi connectivity index (χ2n) is 4.64. The maximum Gasteiger partial charge on any atom is 0.235 e. The number of nitro groups is 1. The summed E-state index contributed by atoms with van der Waals surface area (Å²) in [5.41, 5.74) is 1.70. The van der Waals surface area contributed by atoms with E-state index >= 15 is 0 Å². The molecule has 0 aliphatic carbocycles. The van der Waals surface area contributed by atoms with Crippen molar-refractivity contribution in [2.75, 3.05) is 6.61 Å². The van der Waals surface area contributed by atoms with Crippen LogP contribution in [0.25, 0.3) is 6.08 Å². The van der Waals surface area contributed by atoms with Gasteiger partial charge in [0.15, 0.2) is 11.5 Å².